The van der Waals surface area contributed by atoms with Crippen molar-refractivity contribution in [3.8, 4) is 0 Å². The molecule has 4 heteroatoms. The third-order valence-corrected chi connectivity index (χ3v) is 4.31. The first-order valence-corrected chi connectivity index (χ1v) is 6.84. The Morgan fingerprint density at radius 1 is 1.56 bits per heavy atom. The van der Waals surface area contributed by atoms with Crippen LogP contribution in [0, 0.1) is 12.8 Å². The molecule has 0 saturated heterocycles. The van der Waals surface area contributed by atoms with Crippen molar-refractivity contribution in [2.24, 2.45) is 5.92 Å². The summed E-state index contributed by atoms with van der Waals surface area (Å²) in [7, 11) is 4.26. The molecule has 0 radical (unpaired) electrons. The maximum atomic E-state index is 4.52. The van der Waals surface area contributed by atoms with Crippen molar-refractivity contribution >= 4 is 11.3 Å². The summed E-state index contributed by atoms with van der Waals surface area (Å²) in [5.41, 5.74) is 1.22. The lowest BCUT2D eigenvalue weighted by atomic mass is 9.78. The molecule has 2 unspecified atom stereocenters. The van der Waals surface area contributed by atoms with E-state index in [-0.39, 0.29) is 0 Å². The summed E-state index contributed by atoms with van der Waals surface area (Å²) in [6, 6.07) is 0.745. The molecule has 2 rings (SSSR count). The maximum Gasteiger partial charge on any atom is 0.0897 e. The van der Waals surface area contributed by atoms with Crippen LogP contribution < -0.4 is 5.32 Å². The molecule has 0 bridgehead atoms. The lowest BCUT2D eigenvalue weighted by Gasteiger charge is -2.42. The molecule has 1 fully saturated rings. The summed E-state index contributed by atoms with van der Waals surface area (Å²) in [4.78, 5) is 6.98. The average Bonchev–Trinajstić information content (AvgIpc) is 2.58. The van der Waals surface area contributed by atoms with Gasteiger partial charge in [-0.05, 0) is 46.3 Å². The van der Waals surface area contributed by atoms with Crippen molar-refractivity contribution in [3.05, 3.63) is 16.1 Å². The number of hydrogen-bond acceptors (Lipinski definition) is 4. The van der Waals surface area contributed by atoms with Crippen LogP contribution in [0.1, 0.15) is 23.5 Å². The molecular formula is C12H21N3S. The van der Waals surface area contributed by atoms with E-state index < -0.39 is 0 Å². The van der Waals surface area contributed by atoms with Crippen LogP contribution in [0.3, 0.4) is 0 Å². The van der Waals surface area contributed by atoms with E-state index in [1.54, 1.807) is 11.3 Å². The molecule has 1 aliphatic carbocycles. The minimum atomic E-state index is 0.745. The lowest BCUT2D eigenvalue weighted by molar-refractivity contribution is 0.0785. The van der Waals surface area contributed by atoms with Gasteiger partial charge >= 0.3 is 0 Å². The van der Waals surface area contributed by atoms with Crippen LogP contribution in [0.5, 0.6) is 0 Å². The third-order valence-electron chi connectivity index (χ3n) is 3.49. The summed E-state index contributed by atoms with van der Waals surface area (Å²) in [5.74, 6) is 0.828. The summed E-state index contributed by atoms with van der Waals surface area (Å²) in [6.07, 6.45) is 2.71. The Hall–Kier alpha value is -0.450. The van der Waals surface area contributed by atoms with E-state index in [2.05, 4.69) is 34.6 Å². The molecule has 1 saturated carbocycles. The molecule has 1 aromatic rings. The van der Waals surface area contributed by atoms with Gasteiger partial charge in [0.2, 0.25) is 0 Å². The van der Waals surface area contributed by atoms with Gasteiger partial charge in [0.1, 0.15) is 0 Å². The van der Waals surface area contributed by atoms with E-state index in [0.29, 0.717) is 0 Å². The summed E-state index contributed by atoms with van der Waals surface area (Å²) < 4.78 is 0. The van der Waals surface area contributed by atoms with Crippen LogP contribution in [-0.2, 0) is 6.54 Å². The van der Waals surface area contributed by atoms with E-state index in [9.17, 15) is 0 Å². The molecule has 1 aromatic heterocycles. The van der Waals surface area contributed by atoms with Gasteiger partial charge in [-0.15, -0.1) is 11.3 Å². The SMILES string of the molecule is CNCC1CCC1N(C)Cc1csc(C)n1. The van der Waals surface area contributed by atoms with Crippen molar-refractivity contribution < 1.29 is 0 Å². The Morgan fingerprint density at radius 3 is 2.88 bits per heavy atom. The van der Waals surface area contributed by atoms with Gasteiger partial charge in [0, 0.05) is 18.0 Å². The molecule has 16 heavy (non-hydrogen) atoms. The zero-order chi connectivity index (χ0) is 11.5. The molecule has 1 heterocycles. The van der Waals surface area contributed by atoms with Crippen molar-refractivity contribution in [2.75, 3.05) is 20.6 Å². The molecule has 3 nitrogen and oxygen atoms in total. The van der Waals surface area contributed by atoms with Crippen LogP contribution in [0.2, 0.25) is 0 Å². The number of rotatable bonds is 5. The van der Waals surface area contributed by atoms with Gasteiger partial charge in [0.05, 0.1) is 10.7 Å². The normalized spacial score (nSPS) is 24.8. The molecular weight excluding hydrogens is 218 g/mol. The van der Waals surface area contributed by atoms with Crippen LogP contribution in [-0.4, -0.2) is 36.6 Å². The first-order valence-electron chi connectivity index (χ1n) is 5.96. The zero-order valence-corrected chi connectivity index (χ0v) is 11.2. The summed E-state index contributed by atoms with van der Waals surface area (Å²) >= 11 is 1.74. The average molecular weight is 239 g/mol. The Balaban J connectivity index is 1.86. The predicted molar refractivity (Wildman–Crippen MR) is 68.8 cm³/mol. The predicted octanol–water partition coefficient (Wildman–Crippen LogP) is 1.88. The van der Waals surface area contributed by atoms with E-state index in [4.69, 9.17) is 0 Å². The fourth-order valence-corrected chi connectivity index (χ4v) is 3.09. The van der Waals surface area contributed by atoms with Crippen LogP contribution in [0.4, 0.5) is 0 Å². The highest BCUT2D eigenvalue weighted by atomic mass is 32.1. The second-order valence-electron chi connectivity index (χ2n) is 4.74. The Bertz CT molecular complexity index is 337. The van der Waals surface area contributed by atoms with Gasteiger partial charge in [-0.1, -0.05) is 0 Å². The van der Waals surface area contributed by atoms with Crippen LogP contribution in [0.25, 0.3) is 0 Å². The fourth-order valence-electron chi connectivity index (χ4n) is 2.49. The van der Waals surface area contributed by atoms with E-state index in [1.807, 2.05) is 7.05 Å². The quantitative estimate of drug-likeness (QED) is 0.850. The molecule has 90 valence electrons. The van der Waals surface area contributed by atoms with E-state index in [0.717, 1.165) is 25.0 Å². The molecule has 2 atom stereocenters. The van der Waals surface area contributed by atoms with Crippen molar-refractivity contribution in [2.45, 2.75) is 32.4 Å². The van der Waals surface area contributed by atoms with Crippen LogP contribution >= 0.6 is 11.3 Å². The number of aromatic nitrogens is 1. The van der Waals surface area contributed by atoms with Crippen molar-refractivity contribution in [1.29, 1.82) is 0 Å². The highest BCUT2D eigenvalue weighted by Crippen LogP contribution is 2.31. The first kappa shape index (κ1) is 12.0. The topological polar surface area (TPSA) is 28.2 Å². The summed E-state index contributed by atoms with van der Waals surface area (Å²) in [5, 5.41) is 6.63. The lowest BCUT2D eigenvalue weighted by Crippen LogP contribution is -2.48. The zero-order valence-electron chi connectivity index (χ0n) is 10.4. The Kier molecular flexibility index (Phi) is 3.95. The van der Waals surface area contributed by atoms with Gasteiger partial charge in [0.25, 0.3) is 0 Å². The van der Waals surface area contributed by atoms with Gasteiger partial charge in [0.15, 0.2) is 0 Å². The monoisotopic (exact) mass is 239 g/mol. The standard InChI is InChI=1S/C12H21N3S/c1-9-14-11(8-16-9)7-15(3)12-5-4-10(12)6-13-2/h8,10,12-13H,4-7H2,1-3H3. The van der Waals surface area contributed by atoms with Gasteiger partial charge in [-0.2, -0.15) is 0 Å². The number of thiazole rings is 1. The second kappa shape index (κ2) is 5.25. The smallest absolute Gasteiger partial charge is 0.0897 e. The van der Waals surface area contributed by atoms with Gasteiger partial charge in [-0.25, -0.2) is 4.98 Å². The van der Waals surface area contributed by atoms with Gasteiger partial charge in [-0.3, -0.25) is 4.90 Å². The molecule has 0 amide bonds. The third kappa shape index (κ3) is 2.62. The second-order valence-corrected chi connectivity index (χ2v) is 5.80. The van der Waals surface area contributed by atoms with E-state index >= 15 is 0 Å². The molecule has 0 spiro atoms. The minimum Gasteiger partial charge on any atom is -0.319 e. The number of nitrogens with one attached hydrogen (secondary N) is 1. The van der Waals surface area contributed by atoms with Gasteiger partial charge < -0.3 is 5.32 Å². The molecule has 1 aliphatic rings. The van der Waals surface area contributed by atoms with Crippen molar-refractivity contribution in [1.82, 2.24) is 15.2 Å². The fraction of sp³-hybridized carbons (Fsp3) is 0.750. The summed E-state index contributed by atoms with van der Waals surface area (Å²) in [6.45, 7) is 4.21. The highest BCUT2D eigenvalue weighted by Gasteiger charge is 2.33. The maximum absolute atomic E-state index is 4.52. The largest absolute Gasteiger partial charge is 0.319 e. The van der Waals surface area contributed by atoms with Crippen LogP contribution in [0.15, 0.2) is 5.38 Å². The van der Waals surface area contributed by atoms with E-state index in [1.165, 1.54) is 23.5 Å². The highest BCUT2D eigenvalue weighted by molar-refractivity contribution is 7.09. The molecule has 0 aromatic carbocycles. The number of nitrogens with zero attached hydrogens (tertiary/aromatic N) is 2. The van der Waals surface area contributed by atoms with Crippen molar-refractivity contribution in [3.63, 3.8) is 0 Å². The number of aryl methyl sites for hydroxylation is 1. The molecule has 1 N–H and O–H groups in total. The first-order chi connectivity index (χ1) is 7.70. The Labute approximate surface area is 102 Å². The minimum absolute atomic E-state index is 0.745. The Morgan fingerprint density at radius 2 is 2.38 bits per heavy atom. The molecule has 0 aliphatic heterocycles. The number of hydrogen-bond donors (Lipinski definition) is 1.